The molecule has 1 aliphatic rings. The Morgan fingerprint density at radius 3 is 2.76 bits per heavy atom. The van der Waals surface area contributed by atoms with Gasteiger partial charge in [-0.05, 0) is 47.7 Å². The minimum Gasteiger partial charge on any atom is -0.311 e. The number of rotatable bonds is 4. The molecule has 17 heavy (non-hydrogen) atoms. The third-order valence-electron chi connectivity index (χ3n) is 4.00. The van der Waals surface area contributed by atoms with Gasteiger partial charge in [0.15, 0.2) is 0 Å². The minimum absolute atomic E-state index is 0.864. The van der Waals surface area contributed by atoms with Gasteiger partial charge < -0.3 is 5.32 Å². The fourth-order valence-corrected chi connectivity index (χ4v) is 3.25. The second-order valence-corrected chi connectivity index (χ2v) is 6.06. The van der Waals surface area contributed by atoms with Crippen LogP contribution < -0.4 is 5.32 Å². The number of aryl methyl sites for hydroxylation is 2. The third-order valence-corrected chi connectivity index (χ3v) is 5.03. The van der Waals surface area contributed by atoms with Crippen molar-refractivity contribution in [2.45, 2.75) is 39.7 Å². The molecule has 2 rings (SSSR count). The smallest absolute Gasteiger partial charge is 0.0739 e. The first-order chi connectivity index (χ1) is 8.09. The largest absolute Gasteiger partial charge is 0.311 e. The Morgan fingerprint density at radius 1 is 1.47 bits per heavy atom. The maximum atomic E-state index is 4.41. The molecule has 0 amide bonds. The van der Waals surface area contributed by atoms with Gasteiger partial charge in [0.2, 0.25) is 0 Å². The predicted octanol–water partition coefficient (Wildman–Crippen LogP) is 3.02. The molecule has 0 spiro atoms. The van der Waals surface area contributed by atoms with E-state index in [1.807, 2.05) is 18.7 Å². The first-order valence-corrected chi connectivity index (χ1v) is 7.27. The zero-order valence-electron chi connectivity index (χ0n) is 11.0. The van der Waals surface area contributed by atoms with Crippen molar-refractivity contribution < 1.29 is 0 Å². The zero-order valence-corrected chi connectivity index (χ0v) is 12.5. The Labute approximate surface area is 112 Å². The van der Waals surface area contributed by atoms with Crippen molar-refractivity contribution >= 4 is 15.9 Å². The van der Waals surface area contributed by atoms with E-state index >= 15 is 0 Å². The van der Waals surface area contributed by atoms with Crippen LogP contribution in [0.25, 0.3) is 0 Å². The van der Waals surface area contributed by atoms with Crippen molar-refractivity contribution in [3.05, 3.63) is 15.9 Å². The number of nitrogens with one attached hydrogen (secondary N) is 1. The van der Waals surface area contributed by atoms with Crippen LogP contribution in [-0.4, -0.2) is 16.3 Å². The molecular formula is C13H22BrN3. The van der Waals surface area contributed by atoms with Gasteiger partial charge in [-0.2, -0.15) is 5.10 Å². The minimum atomic E-state index is 0.864. The van der Waals surface area contributed by atoms with Gasteiger partial charge in [-0.15, -0.1) is 0 Å². The van der Waals surface area contributed by atoms with E-state index in [0.717, 1.165) is 35.1 Å². The summed E-state index contributed by atoms with van der Waals surface area (Å²) in [4.78, 5) is 0. The summed E-state index contributed by atoms with van der Waals surface area (Å²) >= 11 is 3.60. The quantitative estimate of drug-likeness (QED) is 0.926. The Morgan fingerprint density at radius 2 is 2.24 bits per heavy atom. The van der Waals surface area contributed by atoms with E-state index in [1.165, 1.54) is 25.0 Å². The summed E-state index contributed by atoms with van der Waals surface area (Å²) in [5.41, 5.74) is 2.31. The van der Waals surface area contributed by atoms with E-state index < -0.39 is 0 Å². The van der Waals surface area contributed by atoms with Crippen molar-refractivity contribution in [1.82, 2.24) is 15.1 Å². The van der Waals surface area contributed by atoms with E-state index in [1.54, 1.807) is 0 Å². The summed E-state index contributed by atoms with van der Waals surface area (Å²) in [7, 11) is 2.01. The molecule has 2 atom stereocenters. The molecule has 0 bridgehead atoms. The Kier molecular flexibility index (Phi) is 4.26. The second kappa shape index (κ2) is 5.53. The molecular weight excluding hydrogens is 278 g/mol. The van der Waals surface area contributed by atoms with Crippen LogP contribution in [0.15, 0.2) is 4.47 Å². The molecule has 4 heteroatoms. The Balaban J connectivity index is 1.85. The average molecular weight is 300 g/mol. The van der Waals surface area contributed by atoms with E-state index in [9.17, 15) is 0 Å². The first-order valence-electron chi connectivity index (χ1n) is 6.48. The summed E-state index contributed by atoms with van der Waals surface area (Å²) < 4.78 is 3.11. The second-order valence-electron chi connectivity index (χ2n) is 5.27. The van der Waals surface area contributed by atoms with Crippen LogP contribution in [0, 0.1) is 18.8 Å². The van der Waals surface area contributed by atoms with Crippen LogP contribution in [0.3, 0.4) is 0 Å². The molecule has 0 radical (unpaired) electrons. The third kappa shape index (κ3) is 2.91. The van der Waals surface area contributed by atoms with Crippen LogP contribution in [0.4, 0.5) is 0 Å². The molecule has 1 aromatic rings. The molecule has 0 saturated heterocycles. The monoisotopic (exact) mass is 299 g/mol. The maximum absolute atomic E-state index is 4.41. The lowest BCUT2D eigenvalue weighted by molar-refractivity contribution is 0.389. The van der Waals surface area contributed by atoms with Gasteiger partial charge in [0.25, 0.3) is 0 Å². The maximum Gasteiger partial charge on any atom is 0.0739 e. The predicted molar refractivity (Wildman–Crippen MR) is 73.9 cm³/mol. The van der Waals surface area contributed by atoms with E-state index in [0.29, 0.717) is 0 Å². The van der Waals surface area contributed by atoms with Crippen LogP contribution >= 0.6 is 15.9 Å². The molecule has 1 aliphatic carbocycles. The van der Waals surface area contributed by atoms with E-state index in [4.69, 9.17) is 0 Å². The highest BCUT2D eigenvalue weighted by atomic mass is 79.9. The molecule has 3 nitrogen and oxygen atoms in total. The molecule has 2 unspecified atom stereocenters. The van der Waals surface area contributed by atoms with Crippen molar-refractivity contribution in [3.63, 3.8) is 0 Å². The van der Waals surface area contributed by atoms with Gasteiger partial charge in [-0.1, -0.05) is 19.8 Å². The highest BCUT2D eigenvalue weighted by molar-refractivity contribution is 9.10. The van der Waals surface area contributed by atoms with E-state index in [-0.39, 0.29) is 0 Å². The van der Waals surface area contributed by atoms with E-state index in [2.05, 4.69) is 33.3 Å². The molecule has 1 fully saturated rings. The molecule has 1 aromatic heterocycles. The normalized spacial score (nSPS) is 24.5. The summed E-state index contributed by atoms with van der Waals surface area (Å²) in [6, 6.07) is 0. The van der Waals surface area contributed by atoms with Gasteiger partial charge >= 0.3 is 0 Å². The average Bonchev–Trinajstić information content (AvgIpc) is 2.78. The summed E-state index contributed by atoms with van der Waals surface area (Å²) in [5.74, 6) is 1.75. The first kappa shape index (κ1) is 13.1. The Bertz CT molecular complexity index is 386. The van der Waals surface area contributed by atoms with Crippen molar-refractivity contribution in [3.8, 4) is 0 Å². The summed E-state index contributed by atoms with van der Waals surface area (Å²) in [6.45, 7) is 6.45. The van der Waals surface area contributed by atoms with Crippen LogP contribution in [0.1, 0.15) is 37.6 Å². The van der Waals surface area contributed by atoms with Crippen molar-refractivity contribution in [1.29, 1.82) is 0 Å². The molecule has 96 valence electrons. The number of nitrogens with zero attached hydrogens (tertiary/aromatic N) is 2. The molecule has 1 heterocycles. The van der Waals surface area contributed by atoms with Crippen LogP contribution in [-0.2, 0) is 13.6 Å². The number of hydrogen-bond donors (Lipinski definition) is 1. The van der Waals surface area contributed by atoms with Gasteiger partial charge in [0.05, 0.1) is 15.9 Å². The fraction of sp³-hybridized carbons (Fsp3) is 0.769. The summed E-state index contributed by atoms with van der Waals surface area (Å²) in [6.07, 6.45) is 4.20. The van der Waals surface area contributed by atoms with Crippen LogP contribution in [0.5, 0.6) is 0 Å². The lowest BCUT2D eigenvalue weighted by Gasteiger charge is -2.16. The lowest BCUT2D eigenvalue weighted by atomic mass is 9.98. The Hall–Kier alpha value is -0.350. The summed E-state index contributed by atoms with van der Waals surface area (Å²) in [5, 5.41) is 7.98. The van der Waals surface area contributed by atoms with Gasteiger partial charge in [-0.25, -0.2) is 0 Å². The van der Waals surface area contributed by atoms with Gasteiger partial charge in [0.1, 0.15) is 0 Å². The van der Waals surface area contributed by atoms with Gasteiger partial charge in [0, 0.05) is 13.6 Å². The van der Waals surface area contributed by atoms with Crippen LogP contribution in [0.2, 0.25) is 0 Å². The SMILES string of the molecule is Cc1nn(C)c(CNCC2CCCC2C)c1Br. The van der Waals surface area contributed by atoms with Gasteiger partial charge in [-0.3, -0.25) is 4.68 Å². The van der Waals surface area contributed by atoms with Crippen molar-refractivity contribution in [2.24, 2.45) is 18.9 Å². The fourth-order valence-electron chi connectivity index (χ4n) is 2.77. The molecule has 1 N–H and O–H groups in total. The topological polar surface area (TPSA) is 29.9 Å². The number of hydrogen-bond acceptors (Lipinski definition) is 2. The lowest BCUT2D eigenvalue weighted by Crippen LogP contribution is -2.25. The number of aromatic nitrogens is 2. The zero-order chi connectivity index (χ0) is 12.4. The standard InChI is InChI=1S/C13H22BrN3/c1-9-5-4-6-11(9)7-15-8-12-13(14)10(2)16-17(12)3/h9,11,15H,4-8H2,1-3H3. The highest BCUT2D eigenvalue weighted by Gasteiger charge is 2.22. The molecule has 0 aromatic carbocycles. The number of halogens is 1. The highest BCUT2D eigenvalue weighted by Crippen LogP contribution is 2.30. The molecule has 0 aliphatic heterocycles. The molecule has 1 saturated carbocycles. The van der Waals surface area contributed by atoms with Crippen molar-refractivity contribution in [2.75, 3.05) is 6.54 Å².